The number of alkyl halides is 1. The van der Waals surface area contributed by atoms with E-state index in [-0.39, 0.29) is 0 Å². The summed E-state index contributed by atoms with van der Waals surface area (Å²) >= 11 is 9.34. The van der Waals surface area contributed by atoms with Gasteiger partial charge in [0.2, 0.25) is 0 Å². The summed E-state index contributed by atoms with van der Waals surface area (Å²) in [5.41, 5.74) is 1.09. The van der Waals surface area contributed by atoms with Crippen LogP contribution in [0.1, 0.15) is 37.7 Å². The highest BCUT2D eigenvalue weighted by Gasteiger charge is 2.15. The third kappa shape index (κ3) is 3.14. The van der Waals surface area contributed by atoms with Crippen LogP contribution in [0.5, 0.6) is 5.75 Å². The summed E-state index contributed by atoms with van der Waals surface area (Å²) in [6, 6.07) is 6.05. The van der Waals surface area contributed by atoms with Crippen molar-refractivity contribution in [1.29, 1.82) is 0 Å². The molecule has 0 heterocycles. The summed E-state index contributed by atoms with van der Waals surface area (Å²) in [7, 11) is 0. The molecule has 0 aliphatic heterocycles. The monoisotopic (exact) mass is 302 g/mol. The van der Waals surface area contributed by atoms with Gasteiger partial charge in [-0.15, -0.1) is 11.6 Å². The van der Waals surface area contributed by atoms with Gasteiger partial charge in [-0.3, -0.25) is 0 Å². The molecule has 0 N–H and O–H groups in total. The first-order chi connectivity index (χ1) is 7.79. The average Bonchev–Trinajstić information content (AvgIpc) is 2.33. The second-order valence-electron chi connectivity index (χ2n) is 4.26. The third-order valence-electron chi connectivity index (χ3n) is 3.02. The van der Waals surface area contributed by atoms with Crippen LogP contribution in [0.25, 0.3) is 0 Å². The smallest absolute Gasteiger partial charge is 0.120 e. The van der Waals surface area contributed by atoms with Crippen LogP contribution >= 0.6 is 27.5 Å². The summed E-state index contributed by atoms with van der Waals surface area (Å²) in [6.45, 7) is 0. The number of hydrogen-bond acceptors (Lipinski definition) is 1. The minimum Gasteiger partial charge on any atom is -0.490 e. The predicted molar refractivity (Wildman–Crippen MR) is 71.2 cm³/mol. The lowest BCUT2D eigenvalue weighted by atomic mass is 9.98. The number of ether oxygens (including phenoxy) is 1. The van der Waals surface area contributed by atoms with E-state index in [2.05, 4.69) is 15.9 Å². The number of benzene rings is 1. The normalized spacial score (nSPS) is 17.4. The quantitative estimate of drug-likeness (QED) is 0.722. The van der Waals surface area contributed by atoms with E-state index >= 15 is 0 Å². The summed E-state index contributed by atoms with van der Waals surface area (Å²) in [5, 5.41) is 0. The molecule has 1 aliphatic carbocycles. The molecule has 1 fully saturated rings. The SMILES string of the molecule is ClCc1cc(OC2CCCCC2)ccc1Br. The molecule has 0 unspecified atom stereocenters. The second kappa shape index (κ2) is 5.92. The Labute approximate surface area is 110 Å². The Morgan fingerprint density at radius 2 is 2.00 bits per heavy atom. The van der Waals surface area contributed by atoms with Crippen LogP contribution in [-0.2, 0) is 5.88 Å². The Morgan fingerprint density at radius 1 is 1.25 bits per heavy atom. The highest BCUT2D eigenvalue weighted by atomic mass is 79.9. The molecule has 0 bridgehead atoms. The molecule has 3 heteroatoms. The van der Waals surface area contributed by atoms with Gasteiger partial charge < -0.3 is 4.74 Å². The van der Waals surface area contributed by atoms with Crippen LogP contribution in [-0.4, -0.2) is 6.10 Å². The Morgan fingerprint density at radius 3 is 2.69 bits per heavy atom. The van der Waals surface area contributed by atoms with E-state index in [1.165, 1.54) is 32.1 Å². The van der Waals surface area contributed by atoms with Gasteiger partial charge in [0.15, 0.2) is 0 Å². The van der Waals surface area contributed by atoms with Crippen molar-refractivity contribution in [2.45, 2.75) is 44.1 Å². The molecule has 0 atom stereocenters. The highest BCUT2D eigenvalue weighted by molar-refractivity contribution is 9.10. The van der Waals surface area contributed by atoms with Gasteiger partial charge in [-0.25, -0.2) is 0 Å². The van der Waals surface area contributed by atoms with E-state index < -0.39 is 0 Å². The molecular weight excluding hydrogens is 287 g/mol. The molecule has 1 aliphatic rings. The van der Waals surface area contributed by atoms with Crippen molar-refractivity contribution in [3.63, 3.8) is 0 Å². The fourth-order valence-corrected chi connectivity index (χ4v) is 2.87. The lowest BCUT2D eigenvalue weighted by Crippen LogP contribution is -2.19. The molecular formula is C13H16BrClO. The van der Waals surface area contributed by atoms with Gasteiger partial charge in [0.05, 0.1) is 6.10 Å². The molecule has 1 aromatic carbocycles. The maximum absolute atomic E-state index is 5.97. The molecule has 1 aromatic rings. The number of rotatable bonds is 3. The highest BCUT2D eigenvalue weighted by Crippen LogP contribution is 2.27. The Balaban J connectivity index is 2.03. The van der Waals surface area contributed by atoms with Gasteiger partial charge in [-0.05, 0) is 49.4 Å². The van der Waals surface area contributed by atoms with Crippen molar-refractivity contribution in [2.75, 3.05) is 0 Å². The van der Waals surface area contributed by atoms with E-state index in [1.807, 2.05) is 18.2 Å². The Hall–Kier alpha value is -0.210. The first-order valence-corrected chi connectivity index (χ1v) is 7.13. The molecule has 0 saturated heterocycles. The molecule has 0 amide bonds. The molecule has 1 nitrogen and oxygen atoms in total. The van der Waals surface area contributed by atoms with Crippen molar-refractivity contribution < 1.29 is 4.74 Å². The molecule has 1 saturated carbocycles. The van der Waals surface area contributed by atoms with Gasteiger partial charge in [0, 0.05) is 10.4 Å². The van der Waals surface area contributed by atoms with Gasteiger partial charge in [-0.1, -0.05) is 22.4 Å². The van der Waals surface area contributed by atoms with Crippen molar-refractivity contribution >= 4 is 27.5 Å². The van der Waals surface area contributed by atoms with E-state index in [9.17, 15) is 0 Å². The summed E-state index contributed by atoms with van der Waals surface area (Å²) in [6.07, 6.45) is 6.72. The van der Waals surface area contributed by atoms with E-state index in [4.69, 9.17) is 16.3 Å². The van der Waals surface area contributed by atoms with Crippen LogP contribution in [0, 0.1) is 0 Å². The zero-order valence-electron chi connectivity index (χ0n) is 9.22. The maximum Gasteiger partial charge on any atom is 0.120 e. The fourth-order valence-electron chi connectivity index (χ4n) is 2.10. The Bertz CT molecular complexity index is 348. The van der Waals surface area contributed by atoms with Gasteiger partial charge in [0.1, 0.15) is 5.75 Å². The van der Waals surface area contributed by atoms with Crippen molar-refractivity contribution in [3.8, 4) is 5.75 Å². The average molecular weight is 304 g/mol. The van der Waals surface area contributed by atoms with Crippen LogP contribution in [0.3, 0.4) is 0 Å². The molecule has 0 radical (unpaired) electrons. The van der Waals surface area contributed by atoms with E-state index in [1.54, 1.807) is 0 Å². The molecule has 88 valence electrons. The number of halogens is 2. The fraction of sp³-hybridized carbons (Fsp3) is 0.538. The predicted octanol–water partition coefficient (Wildman–Crippen LogP) is 4.90. The van der Waals surface area contributed by atoms with Crippen LogP contribution in [0.2, 0.25) is 0 Å². The zero-order valence-corrected chi connectivity index (χ0v) is 11.6. The minimum atomic E-state index is 0.401. The Kier molecular flexibility index (Phi) is 4.54. The first kappa shape index (κ1) is 12.3. The summed E-state index contributed by atoms with van der Waals surface area (Å²) in [4.78, 5) is 0. The molecule has 0 spiro atoms. The minimum absolute atomic E-state index is 0.401. The molecule has 16 heavy (non-hydrogen) atoms. The lowest BCUT2D eigenvalue weighted by Gasteiger charge is -2.23. The van der Waals surface area contributed by atoms with Crippen LogP contribution in [0.15, 0.2) is 22.7 Å². The lowest BCUT2D eigenvalue weighted by molar-refractivity contribution is 0.155. The van der Waals surface area contributed by atoms with Gasteiger partial charge in [-0.2, -0.15) is 0 Å². The molecule has 2 rings (SSSR count). The standard InChI is InChI=1S/C13H16BrClO/c14-13-7-6-12(8-10(13)9-15)16-11-4-2-1-3-5-11/h6-8,11H,1-5,9H2. The molecule has 0 aromatic heterocycles. The van der Waals surface area contributed by atoms with Crippen LogP contribution in [0.4, 0.5) is 0 Å². The largest absolute Gasteiger partial charge is 0.490 e. The zero-order chi connectivity index (χ0) is 11.4. The second-order valence-corrected chi connectivity index (χ2v) is 5.39. The summed E-state index contributed by atoms with van der Waals surface area (Å²) in [5.74, 6) is 1.47. The van der Waals surface area contributed by atoms with Crippen molar-refractivity contribution in [1.82, 2.24) is 0 Å². The summed E-state index contributed by atoms with van der Waals surface area (Å²) < 4.78 is 7.03. The van der Waals surface area contributed by atoms with Gasteiger partial charge >= 0.3 is 0 Å². The van der Waals surface area contributed by atoms with Crippen molar-refractivity contribution in [2.24, 2.45) is 0 Å². The van der Waals surface area contributed by atoms with Gasteiger partial charge in [0.25, 0.3) is 0 Å². The third-order valence-corrected chi connectivity index (χ3v) is 4.08. The van der Waals surface area contributed by atoms with E-state index in [0.717, 1.165) is 15.8 Å². The van der Waals surface area contributed by atoms with E-state index in [0.29, 0.717) is 12.0 Å². The maximum atomic E-state index is 5.97. The first-order valence-electron chi connectivity index (χ1n) is 5.80. The van der Waals surface area contributed by atoms with Crippen LogP contribution < -0.4 is 4.74 Å². The topological polar surface area (TPSA) is 9.23 Å². The number of hydrogen-bond donors (Lipinski definition) is 0. The van der Waals surface area contributed by atoms with Crippen molar-refractivity contribution in [3.05, 3.63) is 28.2 Å².